The normalized spacial score (nSPS) is 11.0. The number of methoxy groups -OCH3 is 1. The highest BCUT2D eigenvalue weighted by Crippen LogP contribution is 2.31. The number of esters is 1. The zero-order valence-electron chi connectivity index (χ0n) is 15.7. The maximum absolute atomic E-state index is 11.2. The van der Waals surface area contributed by atoms with E-state index in [1.807, 2.05) is 0 Å². The quantitative estimate of drug-likeness (QED) is 0.165. The second-order valence-corrected chi connectivity index (χ2v) is 5.70. The van der Waals surface area contributed by atoms with Gasteiger partial charge in [-0.2, -0.15) is 9.67 Å². The van der Waals surface area contributed by atoms with E-state index in [0.29, 0.717) is 6.54 Å². The molecule has 1 heterocycles. The largest absolute Gasteiger partial charge is 0.466 e. The Morgan fingerprint density at radius 3 is 2.69 bits per heavy atom. The van der Waals surface area contributed by atoms with E-state index in [1.165, 1.54) is 43.6 Å². The summed E-state index contributed by atoms with van der Waals surface area (Å²) in [5, 5.41) is 27.5. The van der Waals surface area contributed by atoms with Crippen molar-refractivity contribution in [2.24, 2.45) is 5.10 Å². The van der Waals surface area contributed by atoms with Crippen LogP contribution in [0.5, 0.6) is 0 Å². The highest BCUT2D eigenvalue weighted by Gasteiger charge is 2.21. The van der Waals surface area contributed by atoms with Crippen molar-refractivity contribution in [3.8, 4) is 0 Å². The van der Waals surface area contributed by atoms with Crippen molar-refractivity contribution in [2.45, 2.75) is 6.54 Å². The van der Waals surface area contributed by atoms with Crippen LogP contribution in [0, 0.1) is 20.2 Å². The molecule has 29 heavy (non-hydrogen) atoms. The molecule has 1 aromatic heterocycles. The van der Waals surface area contributed by atoms with E-state index in [1.54, 1.807) is 35.2 Å². The number of carbonyl (C=O) groups excluding carboxylic acids is 1. The van der Waals surface area contributed by atoms with Gasteiger partial charge in [0.15, 0.2) is 18.9 Å². The van der Waals surface area contributed by atoms with E-state index in [2.05, 4.69) is 9.84 Å². The van der Waals surface area contributed by atoms with Crippen LogP contribution in [0.4, 0.5) is 17.1 Å². The van der Waals surface area contributed by atoms with E-state index in [4.69, 9.17) is 0 Å². The Labute approximate surface area is 165 Å². The van der Waals surface area contributed by atoms with Crippen LogP contribution in [-0.4, -0.2) is 36.2 Å². The lowest BCUT2D eigenvalue weighted by molar-refractivity contribution is -0.681. The van der Waals surface area contributed by atoms with Crippen LogP contribution in [0.1, 0.15) is 5.56 Å². The fourth-order valence-electron chi connectivity index (χ4n) is 2.35. The Morgan fingerprint density at radius 2 is 2.03 bits per heavy atom. The Balaban J connectivity index is 2.13. The predicted octanol–water partition coefficient (Wildman–Crippen LogP) is 2.10. The second kappa shape index (κ2) is 9.69. The van der Waals surface area contributed by atoms with Gasteiger partial charge in [0.2, 0.25) is 0 Å². The average Bonchev–Trinajstić information content (AvgIpc) is 2.71. The Hall–Kier alpha value is -4.15. The molecule has 2 aromatic rings. The maximum Gasteiger partial charge on any atom is 0.330 e. The molecular weight excluding hydrogens is 382 g/mol. The molecule has 0 unspecified atom stereocenters. The van der Waals surface area contributed by atoms with Gasteiger partial charge in [0, 0.05) is 30.8 Å². The number of hydrogen-bond donors (Lipinski definition) is 0. The third kappa shape index (κ3) is 5.92. The molecule has 0 amide bonds. The molecule has 0 N–H and O–H groups in total. The number of aromatic nitrogens is 1. The zero-order chi connectivity index (χ0) is 21.4. The van der Waals surface area contributed by atoms with E-state index in [9.17, 15) is 25.0 Å². The van der Waals surface area contributed by atoms with Crippen molar-refractivity contribution in [1.29, 1.82) is 0 Å². The summed E-state index contributed by atoms with van der Waals surface area (Å²) >= 11 is 0. The first-order chi connectivity index (χ1) is 13.8. The summed E-state index contributed by atoms with van der Waals surface area (Å²) in [6, 6.07) is 6.95. The number of hydrogen-bond acceptors (Lipinski definition) is 8. The number of benzene rings is 1. The number of non-ortho nitro benzene ring substituents is 1. The van der Waals surface area contributed by atoms with Gasteiger partial charge in [0.05, 0.1) is 29.2 Å². The fraction of sp³-hybridized carbons (Fsp3) is 0.167. The minimum Gasteiger partial charge on any atom is -0.466 e. The van der Waals surface area contributed by atoms with Crippen LogP contribution in [0.2, 0.25) is 0 Å². The predicted molar refractivity (Wildman–Crippen MR) is 104 cm³/mol. The van der Waals surface area contributed by atoms with Gasteiger partial charge in [0.1, 0.15) is 5.69 Å². The number of pyridine rings is 1. The summed E-state index contributed by atoms with van der Waals surface area (Å²) in [6.07, 6.45) is 8.00. The fourth-order valence-corrected chi connectivity index (χ4v) is 2.35. The molecule has 0 radical (unpaired) electrons. The van der Waals surface area contributed by atoms with Gasteiger partial charge in [-0.1, -0.05) is 0 Å². The smallest absolute Gasteiger partial charge is 0.330 e. The number of hydrazone groups is 1. The molecule has 0 saturated heterocycles. The molecule has 0 atom stereocenters. The number of rotatable bonds is 8. The maximum atomic E-state index is 11.2. The summed E-state index contributed by atoms with van der Waals surface area (Å²) in [6.45, 7) is 0.352. The molecule has 150 valence electrons. The van der Waals surface area contributed by atoms with Gasteiger partial charge >= 0.3 is 11.7 Å². The SMILES string of the molecule is COC(=O)/C=C/c1ccc[n+](C/C=N/N(C)c2ccc([N+](=O)[O-])cc2[N+](=O)[O-])c1. The lowest BCUT2D eigenvalue weighted by atomic mass is 10.2. The third-order valence-electron chi connectivity index (χ3n) is 3.76. The van der Waals surface area contributed by atoms with E-state index >= 15 is 0 Å². The van der Waals surface area contributed by atoms with Crippen LogP contribution in [0.15, 0.2) is 53.9 Å². The number of anilines is 1. The highest BCUT2D eigenvalue weighted by atomic mass is 16.6. The van der Waals surface area contributed by atoms with Gasteiger partial charge in [0.25, 0.3) is 5.69 Å². The van der Waals surface area contributed by atoms with Crippen molar-refractivity contribution in [2.75, 3.05) is 19.2 Å². The van der Waals surface area contributed by atoms with Crippen molar-refractivity contribution in [1.82, 2.24) is 0 Å². The van der Waals surface area contributed by atoms with Crippen LogP contribution < -0.4 is 9.58 Å². The zero-order valence-corrected chi connectivity index (χ0v) is 15.7. The molecule has 0 aliphatic carbocycles. The lowest BCUT2D eigenvalue weighted by Gasteiger charge is -2.12. The molecule has 0 saturated carbocycles. The van der Waals surface area contributed by atoms with Crippen LogP contribution in [0.25, 0.3) is 6.08 Å². The summed E-state index contributed by atoms with van der Waals surface area (Å²) in [4.78, 5) is 31.8. The molecular formula is C18H18N5O6+. The Morgan fingerprint density at radius 1 is 1.28 bits per heavy atom. The summed E-state index contributed by atoms with van der Waals surface area (Å²) < 4.78 is 6.33. The number of carbonyl (C=O) groups is 1. The van der Waals surface area contributed by atoms with Crippen molar-refractivity contribution < 1.29 is 23.9 Å². The molecule has 0 spiro atoms. The van der Waals surface area contributed by atoms with Gasteiger partial charge in [-0.25, -0.2) is 4.79 Å². The number of nitro groups is 2. The first-order valence-electron chi connectivity index (χ1n) is 8.26. The third-order valence-corrected chi connectivity index (χ3v) is 3.76. The van der Waals surface area contributed by atoms with Crippen LogP contribution in [-0.2, 0) is 16.1 Å². The van der Waals surface area contributed by atoms with Gasteiger partial charge in [-0.05, 0) is 18.2 Å². The summed E-state index contributed by atoms with van der Waals surface area (Å²) in [5.74, 6) is -0.465. The summed E-state index contributed by atoms with van der Waals surface area (Å²) in [7, 11) is 2.80. The molecule has 11 nitrogen and oxygen atoms in total. The van der Waals surface area contributed by atoms with E-state index < -0.39 is 21.5 Å². The van der Waals surface area contributed by atoms with Crippen LogP contribution >= 0.6 is 0 Å². The van der Waals surface area contributed by atoms with Gasteiger partial charge in [-0.3, -0.25) is 25.2 Å². The Bertz CT molecular complexity index is 988. The topological polar surface area (TPSA) is 132 Å². The average molecular weight is 400 g/mol. The highest BCUT2D eigenvalue weighted by molar-refractivity contribution is 5.86. The van der Waals surface area contributed by atoms with Crippen LogP contribution in [0.3, 0.4) is 0 Å². The number of nitro benzene ring substituents is 2. The van der Waals surface area contributed by atoms with Crippen molar-refractivity contribution in [3.05, 3.63) is 74.6 Å². The Kier molecular flexibility index (Phi) is 7.07. The minimum absolute atomic E-state index is 0.122. The first kappa shape index (κ1) is 21.2. The van der Waals surface area contributed by atoms with Crippen molar-refractivity contribution >= 4 is 35.3 Å². The molecule has 0 aliphatic heterocycles. The minimum atomic E-state index is -0.696. The first-order valence-corrected chi connectivity index (χ1v) is 8.26. The monoisotopic (exact) mass is 400 g/mol. The molecule has 1 aromatic carbocycles. The molecule has 2 rings (SSSR count). The number of nitrogens with zero attached hydrogens (tertiary/aromatic N) is 5. The summed E-state index contributed by atoms with van der Waals surface area (Å²) in [5.41, 5.74) is 0.105. The molecule has 0 fully saturated rings. The standard InChI is InChI=1S/C18H18N5O6/c1-20(16-7-6-15(22(25)26)12-17(16)23(27)28)19-9-11-21-10-3-4-14(13-21)5-8-18(24)29-2/h3-10,12-13H,11H2,1-2H3/q+1/b8-5+,19-9+. The second-order valence-electron chi connectivity index (χ2n) is 5.70. The number of ether oxygens (including phenoxy) is 1. The molecule has 0 bridgehead atoms. The van der Waals surface area contributed by atoms with E-state index in [-0.39, 0.29) is 11.4 Å². The molecule has 0 aliphatic rings. The van der Waals surface area contributed by atoms with Gasteiger partial charge in [-0.15, -0.1) is 0 Å². The van der Waals surface area contributed by atoms with Crippen molar-refractivity contribution in [3.63, 3.8) is 0 Å². The molecule has 11 heteroatoms. The lowest BCUT2D eigenvalue weighted by Crippen LogP contribution is -2.34. The van der Waals surface area contributed by atoms with E-state index in [0.717, 1.165) is 11.6 Å². The van der Waals surface area contributed by atoms with Gasteiger partial charge < -0.3 is 4.74 Å².